The van der Waals surface area contributed by atoms with Crippen LogP contribution in [-0.4, -0.2) is 15.9 Å². The van der Waals surface area contributed by atoms with Crippen LogP contribution in [0.5, 0.6) is 5.75 Å². The third-order valence-electron chi connectivity index (χ3n) is 4.67. The first-order valence-electron chi connectivity index (χ1n) is 9.35. The predicted molar refractivity (Wildman–Crippen MR) is 111 cm³/mol. The van der Waals surface area contributed by atoms with Gasteiger partial charge in [-0.15, -0.1) is 0 Å². The van der Waals surface area contributed by atoms with Gasteiger partial charge in [-0.05, 0) is 36.6 Å². The van der Waals surface area contributed by atoms with Crippen LogP contribution in [0.2, 0.25) is 0 Å². The van der Waals surface area contributed by atoms with Crippen molar-refractivity contribution < 1.29 is 14.6 Å². The average Bonchev–Trinajstić information content (AvgIpc) is 2.74. The Balaban J connectivity index is 1.68. The third kappa shape index (κ3) is 5.28. The highest BCUT2D eigenvalue weighted by Gasteiger charge is 2.12. The summed E-state index contributed by atoms with van der Waals surface area (Å²) in [5, 5.41) is 9.62. The Morgan fingerprint density at radius 3 is 2.34 bits per heavy atom. The molecule has 1 N–H and O–H groups in total. The molecule has 146 valence electrons. The highest BCUT2D eigenvalue weighted by Crippen LogP contribution is 2.24. The van der Waals surface area contributed by atoms with Crippen molar-refractivity contribution in [3.63, 3.8) is 0 Å². The van der Waals surface area contributed by atoms with Gasteiger partial charge in [0.05, 0.1) is 18.9 Å². The summed E-state index contributed by atoms with van der Waals surface area (Å²) in [6, 6.07) is 16.3. The number of ether oxygens (including phenoxy) is 1. The molecular formula is C24H22N2O3. The molecule has 5 nitrogen and oxygen atoms in total. The largest absolute Gasteiger partial charge is 0.484 e. The molecule has 2 atom stereocenters. The van der Waals surface area contributed by atoms with Crippen molar-refractivity contribution in [1.82, 2.24) is 4.98 Å². The van der Waals surface area contributed by atoms with E-state index in [-0.39, 0.29) is 18.3 Å². The monoisotopic (exact) mass is 386 g/mol. The van der Waals surface area contributed by atoms with Crippen LogP contribution in [0, 0.1) is 6.57 Å². The first kappa shape index (κ1) is 20.2. The van der Waals surface area contributed by atoms with Gasteiger partial charge < -0.3 is 9.84 Å². The van der Waals surface area contributed by atoms with Gasteiger partial charge in [-0.3, -0.25) is 9.78 Å². The Hall–Kier alpha value is -3.49. The van der Waals surface area contributed by atoms with E-state index in [2.05, 4.69) is 9.83 Å². The number of benzene rings is 2. The van der Waals surface area contributed by atoms with E-state index < -0.39 is 6.10 Å². The molecule has 0 spiro atoms. The third-order valence-corrected chi connectivity index (χ3v) is 4.67. The van der Waals surface area contributed by atoms with Crippen molar-refractivity contribution in [3.8, 4) is 5.75 Å². The van der Waals surface area contributed by atoms with Crippen molar-refractivity contribution in [2.24, 2.45) is 0 Å². The van der Waals surface area contributed by atoms with Crippen LogP contribution < -0.4 is 4.74 Å². The number of carbonyl (C=O) groups is 1. The maximum Gasteiger partial charge on any atom is 0.187 e. The zero-order chi connectivity index (χ0) is 20.8. The summed E-state index contributed by atoms with van der Waals surface area (Å²) in [5.74, 6) is 0.457. The average molecular weight is 386 g/mol. The van der Waals surface area contributed by atoms with Gasteiger partial charge in [0.1, 0.15) is 11.9 Å². The highest BCUT2D eigenvalue weighted by atomic mass is 16.5. The predicted octanol–water partition coefficient (Wildman–Crippen LogP) is 5.25. The number of ketones is 1. The molecule has 0 amide bonds. The minimum atomic E-state index is -0.510. The van der Waals surface area contributed by atoms with Gasteiger partial charge >= 0.3 is 0 Å². The molecule has 29 heavy (non-hydrogen) atoms. The summed E-state index contributed by atoms with van der Waals surface area (Å²) in [7, 11) is 0. The van der Waals surface area contributed by atoms with E-state index in [9.17, 15) is 9.90 Å². The second kappa shape index (κ2) is 9.13. The van der Waals surface area contributed by atoms with Gasteiger partial charge in [0.2, 0.25) is 0 Å². The lowest BCUT2D eigenvalue weighted by Gasteiger charge is -2.16. The van der Waals surface area contributed by atoms with Crippen LogP contribution in [0.3, 0.4) is 0 Å². The molecule has 1 unspecified atom stereocenters. The summed E-state index contributed by atoms with van der Waals surface area (Å²) < 4.78 is 5.96. The van der Waals surface area contributed by atoms with Crippen LogP contribution in [0.1, 0.15) is 53.1 Å². The SMILES string of the molecule is [C-]#[N+]c1ccc(CC(=O)c2cncc(O[C@H](C)c3ccc(C(C)O)cc3)c2)cc1. The highest BCUT2D eigenvalue weighted by molar-refractivity contribution is 5.97. The minimum Gasteiger partial charge on any atom is -0.484 e. The van der Waals surface area contributed by atoms with E-state index >= 15 is 0 Å². The lowest BCUT2D eigenvalue weighted by Crippen LogP contribution is -2.07. The fourth-order valence-corrected chi connectivity index (χ4v) is 2.93. The molecule has 0 aliphatic heterocycles. The molecule has 0 bridgehead atoms. The zero-order valence-electron chi connectivity index (χ0n) is 16.4. The fraction of sp³-hybridized carbons (Fsp3) is 0.208. The van der Waals surface area contributed by atoms with Crippen molar-refractivity contribution in [3.05, 3.63) is 101 Å². The fourth-order valence-electron chi connectivity index (χ4n) is 2.93. The van der Waals surface area contributed by atoms with E-state index in [0.29, 0.717) is 17.0 Å². The molecule has 2 aromatic carbocycles. The van der Waals surface area contributed by atoms with Crippen LogP contribution in [0.15, 0.2) is 67.0 Å². The smallest absolute Gasteiger partial charge is 0.187 e. The molecule has 0 aliphatic rings. The van der Waals surface area contributed by atoms with E-state index in [1.807, 2.05) is 31.2 Å². The Kier molecular flexibility index (Phi) is 6.38. The number of carbonyl (C=O) groups excluding carboxylic acids is 1. The van der Waals surface area contributed by atoms with Crippen molar-refractivity contribution >= 4 is 11.5 Å². The maximum absolute atomic E-state index is 12.6. The molecular weight excluding hydrogens is 364 g/mol. The maximum atomic E-state index is 12.6. The topological polar surface area (TPSA) is 63.8 Å². The number of aliphatic hydroxyl groups is 1. The van der Waals surface area contributed by atoms with Crippen molar-refractivity contribution in [1.29, 1.82) is 0 Å². The van der Waals surface area contributed by atoms with Gasteiger partial charge in [-0.1, -0.05) is 48.5 Å². The normalized spacial score (nSPS) is 12.6. The van der Waals surface area contributed by atoms with Gasteiger partial charge in [0.25, 0.3) is 0 Å². The van der Waals surface area contributed by atoms with E-state index in [0.717, 1.165) is 16.7 Å². The summed E-state index contributed by atoms with van der Waals surface area (Å²) in [6.45, 7) is 10.6. The van der Waals surface area contributed by atoms with E-state index in [1.54, 1.807) is 43.5 Å². The quantitative estimate of drug-likeness (QED) is 0.445. The summed E-state index contributed by atoms with van der Waals surface area (Å²) >= 11 is 0. The number of aliphatic hydroxyl groups excluding tert-OH is 1. The molecule has 0 radical (unpaired) electrons. The summed E-state index contributed by atoms with van der Waals surface area (Å²) in [6.07, 6.45) is 2.61. The number of Topliss-reactive ketones (excluding diaryl/α,β-unsaturated/α-hetero) is 1. The Morgan fingerprint density at radius 2 is 1.72 bits per heavy atom. The van der Waals surface area contributed by atoms with Crippen LogP contribution in [0.25, 0.3) is 4.85 Å². The molecule has 1 heterocycles. The van der Waals surface area contributed by atoms with Crippen molar-refractivity contribution in [2.75, 3.05) is 0 Å². The van der Waals surface area contributed by atoms with Crippen LogP contribution >= 0.6 is 0 Å². The summed E-state index contributed by atoms with van der Waals surface area (Å²) in [4.78, 5) is 20.1. The van der Waals surface area contributed by atoms with Crippen molar-refractivity contribution in [2.45, 2.75) is 32.5 Å². The number of nitrogens with zero attached hydrogens (tertiary/aromatic N) is 2. The Bertz CT molecular complexity index is 1020. The number of pyridine rings is 1. The van der Waals surface area contributed by atoms with Gasteiger partial charge in [0, 0.05) is 18.2 Å². The summed E-state index contributed by atoms with van der Waals surface area (Å²) in [5.41, 5.74) is 3.69. The van der Waals surface area contributed by atoms with E-state index in [1.165, 1.54) is 6.20 Å². The first-order chi connectivity index (χ1) is 14.0. The lowest BCUT2D eigenvalue weighted by atomic mass is 10.0. The molecule has 0 aliphatic carbocycles. The molecule has 5 heteroatoms. The Labute approximate surface area is 170 Å². The second-order valence-electron chi connectivity index (χ2n) is 6.89. The number of hydrogen-bond acceptors (Lipinski definition) is 4. The number of aromatic nitrogens is 1. The minimum absolute atomic E-state index is 0.0625. The lowest BCUT2D eigenvalue weighted by molar-refractivity contribution is 0.0991. The zero-order valence-corrected chi connectivity index (χ0v) is 16.4. The molecule has 3 rings (SSSR count). The standard InChI is InChI=1S/C24H22N2O3/c1-16(27)19-6-8-20(9-7-19)17(2)29-23-13-21(14-26-15-23)24(28)12-18-4-10-22(25-3)11-5-18/h4-11,13-17,27H,12H2,1-2H3/t16?,17-/m1/s1. The molecule has 0 saturated heterocycles. The molecule has 0 fully saturated rings. The first-order valence-corrected chi connectivity index (χ1v) is 9.35. The number of rotatable bonds is 7. The Morgan fingerprint density at radius 1 is 1.07 bits per heavy atom. The van der Waals surface area contributed by atoms with E-state index in [4.69, 9.17) is 11.3 Å². The molecule has 3 aromatic rings. The molecule has 0 saturated carbocycles. The van der Waals surface area contributed by atoms with Gasteiger partial charge in [0.15, 0.2) is 11.5 Å². The molecule has 1 aromatic heterocycles. The van der Waals surface area contributed by atoms with Crippen LogP contribution in [0.4, 0.5) is 5.69 Å². The van der Waals surface area contributed by atoms with Gasteiger partial charge in [-0.2, -0.15) is 0 Å². The van der Waals surface area contributed by atoms with Crippen LogP contribution in [-0.2, 0) is 6.42 Å². The number of hydrogen-bond donors (Lipinski definition) is 1. The van der Waals surface area contributed by atoms with Gasteiger partial charge in [-0.25, -0.2) is 4.85 Å². The second-order valence-corrected chi connectivity index (χ2v) is 6.89.